The van der Waals surface area contributed by atoms with Gasteiger partial charge in [-0.1, -0.05) is 6.07 Å². The van der Waals surface area contributed by atoms with Crippen LogP contribution in [0.2, 0.25) is 0 Å². The van der Waals surface area contributed by atoms with E-state index in [0.717, 1.165) is 3.57 Å². The van der Waals surface area contributed by atoms with Crippen molar-refractivity contribution in [2.75, 3.05) is 11.9 Å². The van der Waals surface area contributed by atoms with Crippen LogP contribution in [0.25, 0.3) is 0 Å². The van der Waals surface area contributed by atoms with Crippen molar-refractivity contribution in [1.82, 2.24) is 0 Å². The number of carbonyl (C=O) groups is 2. The first-order valence-corrected chi connectivity index (χ1v) is 7.33. The molecular formula is C15H14INO4. The SMILES string of the molecule is Cc1cc(C(=O)OCC(=O)Nc2cccc(I)c2)c(C)o1. The molecule has 0 spiro atoms. The summed E-state index contributed by atoms with van der Waals surface area (Å²) >= 11 is 2.15. The number of amides is 1. The molecule has 1 heterocycles. The first-order valence-electron chi connectivity index (χ1n) is 6.25. The highest BCUT2D eigenvalue weighted by Crippen LogP contribution is 2.15. The number of esters is 1. The number of benzene rings is 1. The lowest BCUT2D eigenvalue weighted by atomic mass is 10.2. The van der Waals surface area contributed by atoms with Crippen LogP contribution in [-0.2, 0) is 9.53 Å². The van der Waals surface area contributed by atoms with Gasteiger partial charge in [0.25, 0.3) is 5.91 Å². The van der Waals surface area contributed by atoms with Crippen molar-refractivity contribution < 1.29 is 18.7 Å². The summed E-state index contributed by atoms with van der Waals surface area (Å²) in [7, 11) is 0. The number of hydrogen-bond donors (Lipinski definition) is 1. The van der Waals surface area contributed by atoms with Crippen LogP contribution in [0.3, 0.4) is 0 Å². The van der Waals surface area contributed by atoms with Crippen molar-refractivity contribution in [3.05, 3.63) is 51.0 Å². The predicted molar refractivity (Wildman–Crippen MR) is 86.3 cm³/mol. The molecule has 0 atom stereocenters. The van der Waals surface area contributed by atoms with E-state index in [1.807, 2.05) is 18.2 Å². The third-order valence-electron chi connectivity index (χ3n) is 2.70. The molecule has 5 nitrogen and oxygen atoms in total. The van der Waals surface area contributed by atoms with Crippen LogP contribution in [0, 0.1) is 17.4 Å². The third-order valence-corrected chi connectivity index (χ3v) is 3.37. The van der Waals surface area contributed by atoms with Crippen LogP contribution in [0.15, 0.2) is 34.7 Å². The van der Waals surface area contributed by atoms with E-state index in [2.05, 4.69) is 27.9 Å². The van der Waals surface area contributed by atoms with Gasteiger partial charge in [0.1, 0.15) is 17.1 Å². The zero-order valence-electron chi connectivity index (χ0n) is 11.6. The molecule has 0 aliphatic carbocycles. The number of rotatable bonds is 4. The Bertz CT molecular complexity index is 678. The lowest BCUT2D eigenvalue weighted by Crippen LogP contribution is -2.21. The van der Waals surface area contributed by atoms with Crippen LogP contribution in [-0.4, -0.2) is 18.5 Å². The van der Waals surface area contributed by atoms with Gasteiger partial charge in [-0.05, 0) is 60.7 Å². The highest BCUT2D eigenvalue weighted by atomic mass is 127. The second-order valence-corrected chi connectivity index (χ2v) is 5.71. The molecule has 2 aromatic rings. The number of ether oxygens (including phenoxy) is 1. The van der Waals surface area contributed by atoms with Gasteiger partial charge in [0.2, 0.25) is 0 Å². The summed E-state index contributed by atoms with van der Waals surface area (Å²) in [6.45, 7) is 3.08. The third kappa shape index (κ3) is 4.32. The van der Waals surface area contributed by atoms with Gasteiger partial charge in [-0.2, -0.15) is 0 Å². The zero-order chi connectivity index (χ0) is 15.4. The van der Waals surface area contributed by atoms with Gasteiger partial charge in [-0.15, -0.1) is 0 Å². The summed E-state index contributed by atoms with van der Waals surface area (Å²) < 4.78 is 11.2. The number of aryl methyl sites for hydroxylation is 2. The monoisotopic (exact) mass is 399 g/mol. The molecule has 2 rings (SSSR count). The molecule has 0 saturated carbocycles. The van der Waals surface area contributed by atoms with Crippen molar-refractivity contribution in [3.8, 4) is 0 Å². The number of halogens is 1. The Kier molecular flexibility index (Phi) is 5.00. The molecule has 110 valence electrons. The van der Waals surface area contributed by atoms with E-state index in [1.165, 1.54) is 0 Å². The normalized spacial score (nSPS) is 10.2. The molecule has 0 bridgehead atoms. The molecule has 0 unspecified atom stereocenters. The number of nitrogens with one attached hydrogen (secondary N) is 1. The van der Waals surface area contributed by atoms with Crippen LogP contribution < -0.4 is 5.32 Å². The highest BCUT2D eigenvalue weighted by Gasteiger charge is 2.16. The largest absolute Gasteiger partial charge is 0.466 e. The fourth-order valence-electron chi connectivity index (χ4n) is 1.81. The van der Waals surface area contributed by atoms with Gasteiger partial charge in [-0.25, -0.2) is 4.79 Å². The molecule has 21 heavy (non-hydrogen) atoms. The summed E-state index contributed by atoms with van der Waals surface area (Å²) in [5.74, 6) is 0.156. The molecule has 0 fully saturated rings. The fourth-order valence-corrected chi connectivity index (χ4v) is 2.35. The maximum absolute atomic E-state index is 11.8. The van der Waals surface area contributed by atoms with Crippen LogP contribution >= 0.6 is 22.6 Å². The van der Waals surface area contributed by atoms with Crippen molar-refractivity contribution in [1.29, 1.82) is 0 Å². The average molecular weight is 399 g/mol. The molecule has 0 aliphatic rings. The lowest BCUT2D eigenvalue weighted by Gasteiger charge is -2.06. The second-order valence-electron chi connectivity index (χ2n) is 4.46. The minimum Gasteiger partial charge on any atom is -0.466 e. The minimum absolute atomic E-state index is 0.339. The Morgan fingerprint density at radius 2 is 2.05 bits per heavy atom. The second kappa shape index (κ2) is 6.75. The van der Waals surface area contributed by atoms with E-state index >= 15 is 0 Å². The van der Waals surface area contributed by atoms with E-state index in [0.29, 0.717) is 22.8 Å². The highest BCUT2D eigenvalue weighted by molar-refractivity contribution is 14.1. The van der Waals surface area contributed by atoms with Gasteiger partial charge < -0.3 is 14.5 Å². The van der Waals surface area contributed by atoms with E-state index in [1.54, 1.807) is 26.0 Å². The van der Waals surface area contributed by atoms with E-state index < -0.39 is 5.97 Å². The maximum Gasteiger partial charge on any atom is 0.342 e. The minimum atomic E-state index is -0.567. The molecule has 1 aromatic carbocycles. The first-order chi connectivity index (χ1) is 9.95. The Hall–Kier alpha value is -1.83. The van der Waals surface area contributed by atoms with E-state index in [-0.39, 0.29) is 12.5 Å². The molecule has 1 N–H and O–H groups in total. The van der Waals surface area contributed by atoms with Gasteiger partial charge >= 0.3 is 5.97 Å². The zero-order valence-corrected chi connectivity index (χ0v) is 13.8. The Morgan fingerprint density at radius 3 is 2.67 bits per heavy atom. The standard InChI is InChI=1S/C15H14INO4/c1-9-6-13(10(2)21-9)15(19)20-8-14(18)17-12-5-3-4-11(16)7-12/h3-7H,8H2,1-2H3,(H,17,18). The maximum atomic E-state index is 11.8. The molecule has 1 amide bonds. The molecular weight excluding hydrogens is 385 g/mol. The molecule has 6 heteroatoms. The summed E-state index contributed by atoms with van der Waals surface area (Å²) in [5, 5.41) is 2.66. The predicted octanol–water partition coefficient (Wildman–Crippen LogP) is 3.30. The molecule has 1 aromatic heterocycles. The number of anilines is 1. The summed E-state index contributed by atoms with van der Waals surface area (Å²) in [6.07, 6.45) is 0. The van der Waals surface area contributed by atoms with Crippen molar-refractivity contribution in [3.63, 3.8) is 0 Å². The number of carbonyl (C=O) groups excluding carboxylic acids is 2. The van der Waals surface area contributed by atoms with Crippen LogP contribution in [0.1, 0.15) is 21.9 Å². The summed E-state index contributed by atoms with van der Waals surface area (Å²) in [6, 6.07) is 8.94. The Balaban J connectivity index is 1.89. The molecule has 0 aliphatic heterocycles. The van der Waals surface area contributed by atoms with Crippen molar-refractivity contribution in [2.24, 2.45) is 0 Å². The topological polar surface area (TPSA) is 68.5 Å². The van der Waals surface area contributed by atoms with Gasteiger partial charge in [0.15, 0.2) is 6.61 Å². The van der Waals surface area contributed by atoms with Crippen LogP contribution in [0.5, 0.6) is 0 Å². The first kappa shape index (κ1) is 15.6. The summed E-state index contributed by atoms with van der Waals surface area (Å²) in [4.78, 5) is 23.6. The smallest absolute Gasteiger partial charge is 0.342 e. The van der Waals surface area contributed by atoms with E-state index in [4.69, 9.17) is 9.15 Å². The van der Waals surface area contributed by atoms with Crippen LogP contribution in [0.4, 0.5) is 5.69 Å². The fraction of sp³-hybridized carbons (Fsp3) is 0.200. The Morgan fingerprint density at radius 1 is 1.29 bits per heavy atom. The van der Waals surface area contributed by atoms with Crippen molar-refractivity contribution >= 4 is 40.2 Å². The van der Waals surface area contributed by atoms with Gasteiger partial charge in [0, 0.05) is 9.26 Å². The van der Waals surface area contributed by atoms with E-state index in [9.17, 15) is 9.59 Å². The van der Waals surface area contributed by atoms with Gasteiger partial charge in [-0.3, -0.25) is 4.79 Å². The quantitative estimate of drug-likeness (QED) is 0.633. The van der Waals surface area contributed by atoms with Gasteiger partial charge in [0.05, 0.1) is 0 Å². The van der Waals surface area contributed by atoms with Crippen molar-refractivity contribution in [2.45, 2.75) is 13.8 Å². The number of furan rings is 1. The molecule has 0 radical (unpaired) electrons. The lowest BCUT2D eigenvalue weighted by molar-refractivity contribution is -0.119. The summed E-state index contributed by atoms with van der Waals surface area (Å²) in [5.41, 5.74) is 1.01. The number of hydrogen-bond acceptors (Lipinski definition) is 4. The Labute approximate surface area is 135 Å². The molecule has 0 saturated heterocycles. The average Bonchev–Trinajstić information content (AvgIpc) is 2.75.